The Morgan fingerprint density at radius 2 is 2.02 bits per heavy atom. The highest BCUT2D eigenvalue weighted by Gasteiger charge is 2.59. The molecule has 43 heavy (non-hydrogen) atoms. The number of nitriles is 1. The molecule has 6 atom stereocenters. The molecule has 1 aromatic rings. The van der Waals surface area contributed by atoms with Crippen molar-refractivity contribution in [3.63, 3.8) is 0 Å². The number of aliphatic imine (C=N–C) groups is 1. The van der Waals surface area contributed by atoms with E-state index in [1.54, 1.807) is 31.2 Å². The Morgan fingerprint density at radius 1 is 1.35 bits per heavy atom. The molecule has 1 aromatic carbocycles. The van der Waals surface area contributed by atoms with E-state index in [2.05, 4.69) is 21.8 Å². The predicted molar refractivity (Wildman–Crippen MR) is 158 cm³/mol. The Labute approximate surface area is 251 Å². The smallest absolute Gasteiger partial charge is 0.459 e. The van der Waals surface area contributed by atoms with Crippen LogP contribution in [0.1, 0.15) is 40.5 Å². The maximum atomic E-state index is 13.9. The molecule has 14 nitrogen and oxygen atoms in total. The number of carbonyl (C=O) groups excluding carboxylic acids is 1. The number of nitrogens with zero attached hydrogens (tertiary/aromatic N) is 4. The van der Waals surface area contributed by atoms with E-state index in [0.717, 1.165) is 19.2 Å². The monoisotopic (exact) mass is 618 g/mol. The highest BCUT2D eigenvalue weighted by atomic mass is 31.2. The number of aliphatic hydroxyl groups excluding tert-OH is 2. The summed E-state index contributed by atoms with van der Waals surface area (Å²) in [6.45, 7) is 10.6. The van der Waals surface area contributed by atoms with Gasteiger partial charge in [0.15, 0.2) is 5.84 Å². The molecule has 15 heteroatoms. The molecule has 234 valence electrons. The first kappa shape index (κ1) is 33.9. The number of hydrazone groups is 1. The van der Waals surface area contributed by atoms with Gasteiger partial charge in [-0.05, 0) is 31.9 Å². The molecule has 0 radical (unpaired) electrons. The Kier molecular flexibility index (Phi) is 11.6. The van der Waals surface area contributed by atoms with Crippen molar-refractivity contribution in [1.29, 1.82) is 5.26 Å². The quantitative estimate of drug-likeness (QED) is 0.176. The second-order valence-corrected chi connectivity index (χ2v) is 11.7. The maximum Gasteiger partial charge on any atom is 0.459 e. The Morgan fingerprint density at radius 3 is 2.63 bits per heavy atom. The van der Waals surface area contributed by atoms with Gasteiger partial charge in [0.1, 0.15) is 48.2 Å². The molecular formula is C28H39N6O8P. The molecule has 1 unspecified atom stereocenters. The number of nitrogens with two attached hydrogens (primary N) is 1. The molecule has 1 fully saturated rings. The summed E-state index contributed by atoms with van der Waals surface area (Å²) in [5.41, 5.74) is 3.86. The summed E-state index contributed by atoms with van der Waals surface area (Å²) < 4.78 is 36.4. The molecule has 0 amide bonds. The number of esters is 1. The number of hydrogen-bond donors (Lipinski definition) is 4. The Hall–Kier alpha value is -3.57. The predicted octanol–water partition coefficient (Wildman–Crippen LogP) is 2.56. The molecule has 0 aliphatic carbocycles. The van der Waals surface area contributed by atoms with Crippen LogP contribution >= 0.6 is 7.75 Å². The van der Waals surface area contributed by atoms with Crippen LogP contribution in [0.3, 0.4) is 0 Å². The molecular weight excluding hydrogens is 579 g/mol. The highest BCUT2D eigenvalue weighted by molar-refractivity contribution is 7.52. The zero-order valence-corrected chi connectivity index (χ0v) is 25.5. The van der Waals surface area contributed by atoms with Crippen molar-refractivity contribution in [1.82, 2.24) is 10.1 Å². The van der Waals surface area contributed by atoms with Crippen LogP contribution in [0.15, 0.2) is 64.5 Å². The SMILES string of the molecule is C=C(N1N=CN=C(N)/C1=C/C)[C@]1(C#N)O[C@H](COP(=O)(N[C@@H](C)C(=O)OCC(CC)CC)Oc2ccccc2)[C@@H](O)[C@H]1O. The Balaban J connectivity index is 1.79. The van der Waals surface area contributed by atoms with Crippen LogP contribution in [0.5, 0.6) is 5.75 Å². The van der Waals surface area contributed by atoms with Gasteiger partial charge in [0.2, 0.25) is 5.60 Å². The van der Waals surface area contributed by atoms with Crippen molar-refractivity contribution in [2.24, 2.45) is 21.7 Å². The minimum atomic E-state index is -4.34. The lowest BCUT2D eigenvalue weighted by molar-refractivity contribution is -0.146. The number of para-hydroxylation sites is 1. The van der Waals surface area contributed by atoms with E-state index < -0.39 is 50.3 Å². The summed E-state index contributed by atoms with van der Waals surface area (Å²) in [7, 11) is -4.34. The number of aliphatic hydroxyl groups is 2. The topological polar surface area (TPSA) is 201 Å². The van der Waals surface area contributed by atoms with Crippen molar-refractivity contribution >= 4 is 25.9 Å². The van der Waals surface area contributed by atoms with Crippen molar-refractivity contribution < 1.29 is 38.1 Å². The third-order valence-electron chi connectivity index (χ3n) is 7.14. The van der Waals surface area contributed by atoms with E-state index in [9.17, 15) is 24.8 Å². The van der Waals surface area contributed by atoms with Gasteiger partial charge in [0.05, 0.1) is 18.9 Å². The summed E-state index contributed by atoms with van der Waals surface area (Å²) in [4.78, 5) is 16.6. The summed E-state index contributed by atoms with van der Waals surface area (Å²) >= 11 is 0. The molecule has 2 heterocycles. The first-order chi connectivity index (χ1) is 20.4. The van der Waals surface area contributed by atoms with Crippen LogP contribution in [-0.4, -0.2) is 76.5 Å². The van der Waals surface area contributed by atoms with Crippen LogP contribution < -0.4 is 15.3 Å². The van der Waals surface area contributed by atoms with Gasteiger partial charge >= 0.3 is 13.7 Å². The molecule has 0 saturated carbocycles. The largest absolute Gasteiger partial charge is 0.464 e. The normalized spacial score (nSPS) is 26.5. The average Bonchev–Trinajstić information content (AvgIpc) is 3.26. The lowest BCUT2D eigenvalue weighted by Gasteiger charge is -2.34. The first-order valence-electron chi connectivity index (χ1n) is 13.9. The minimum absolute atomic E-state index is 0.0808. The second kappa shape index (κ2) is 14.7. The average molecular weight is 619 g/mol. The zero-order chi connectivity index (χ0) is 31.8. The minimum Gasteiger partial charge on any atom is -0.464 e. The summed E-state index contributed by atoms with van der Waals surface area (Å²) in [6, 6.07) is 8.88. The number of benzene rings is 1. The van der Waals surface area contributed by atoms with Crippen molar-refractivity contribution in [2.45, 2.75) is 70.5 Å². The number of rotatable bonds is 14. The van der Waals surface area contributed by atoms with Crippen LogP contribution in [0, 0.1) is 17.2 Å². The van der Waals surface area contributed by atoms with Crippen LogP contribution in [-0.2, 0) is 23.4 Å². The van der Waals surface area contributed by atoms with Gasteiger partial charge in [-0.25, -0.2) is 14.6 Å². The fraction of sp³-hybridized carbons (Fsp3) is 0.500. The number of nitrogens with one attached hydrogen (secondary N) is 1. The molecule has 2 aliphatic heterocycles. The molecule has 2 aliphatic rings. The zero-order valence-electron chi connectivity index (χ0n) is 24.6. The number of allylic oxidation sites excluding steroid dienone is 1. The lowest BCUT2D eigenvalue weighted by atomic mass is 9.92. The van der Waals surface area contributed by atoms with E-state index in [0.29, 0.717) is 0 Å². The second-order valence-electron chi connectivity index (χ2n) is 9.98. The van der Waals surface area contributed by atoms with Crippen molar-refractivity contribution in [3.05, 3.63) is 54.4 Å². The molecule has 3 rings (SSSR count). The van der Waals surface area contributed by atoms with Gasteiger partial charge in [0, 0.05) is 0 Å². The third kappa shape index (κ3) is 7.69. The highest BCUT2D eigenvalue weighted by Crippen LogP contribution is 2.47. The fourth-order valence-electron chi connectivity index (χ4n) is 4.39. The number of carbonyl (C=O) groups is 1. The van der Waals surface area contributed by atoms with Gasteiger partial charge in [-0.1, -0.05) is 57.5 Å². The maximum absolute atomic E-state index is 13.9. The van der Waals surface area contributed by atoms with E-state index in [1.165, 1.54) is 24.1 Å². The van der Waals surface area contributed by atoms with Crippen LogP contribution in [0.2, 0.25) is 0 Å². The molecule has 0 spiro atoms. The summed E-state index contributed by atoms with van der Waals surface area (Å²) in [6.07, 6.45) is -0.506. The lowest BCUT2D eigenvalue weighted by Crippen LogP contribution is -2.48. The number of amidine groups is 1. The van der Waals surface area contributed by atoms with Crippen LogP contribution in [0.4, 0.5) is 0 Å². The third-order valence-corrected chi connectivity index (χ3v) is 8.78. The van der Waals surface area contributed by atoms with Crippen molar-refractivity contribution in [2.75, 3.05) is 13.2 Å². The molecule has 0 bridgehead atoms. The van der Waals surface area contributed by atoms with E-state index >= 15 is 0 Å². The number of hydrogen-bond acceptors (Lipinski definition) is 13. The van der Waals surface area contributed by atoms with Gasteiger partial charge in [-0.2, -0.15) is 15.5 Å². The molecule has 0 aromatic heterocycles. The van der Waals surface area contributed by atoms with Gasteiger partial charge in [-0.15, -0.1) is 0 Å². The van der Waals surface area contributed by atoms with Gasteiger partial charge < -0.3 is 29.9 Å². The van der Waals surface area contributed by atoms with Gasteiger partial charge in [0.25, 0.3) is 0 Å². The number of ether oxygens (including phenoxy) is 2. The van der Waals surface area contributed by atoms with Gasteiger partial charge in [-0.3, -0.25) is 9.32 Å². The summed E-state index contributed by atoms with van der Waals surface area (Å²) in [5.74, 6) is -0.225. The van der Waals surface area contributed by atoms with E-state index in [-0.39, 0.29) is 35.5 Å². The first-order valence-corrected chi connectivity index (χ1v) is 15.4. The molecule has 5 N–H and O–H groups in total. The standard InChI is InChI=1S/C28H39N6O8P/c1-6-20(7-2)14-39-27(37)18(4)33-43(38,42-21-12-10-9-11-13-21)40-15-23-24(35)25(36)28(16-29,41-23)19(5)34-22(8-3)26(30)31-17-32-34/h8-13,17-18,20,23-25,35-36H,5-7,14-15H2,1-4H3,(H,33,38)(H2,30,31,32)/b22-8-/t18-,23+,24+,25+,28-,43?/m0/s1. The fourth-order valence-corrected chi connectivity index (χ4v) is 5.89. The summed E-state index contributed by atoms with van der Waals surface area (Å²) in [5, 5.41) is 39.8. The van der Waals surface area contributed by atoms with Crippen molar-refractivity contribution in [3.8, 4) is 11.8 Å². The molecule has 1 saturated heterocycles. The van der Waals surface area contributed by atoms with Crippen LogP contribution in [0.25, 0.3) is 0 Å². The van der Waals surface area contributed by atoms with E-state index in [4.69, 9.17) is 24.3 Å². The van der Waals surface area contributed by atoms with E-state index in [1.807, 2.05) is 19.9 Å². The Bertz CT molecular complexity index is 1330.